The molecule has 1 unspecified atom stereocenters. The molecule has 2 amide bonds. The maximum absolute atomic E-state index is 12.9. The Balaban J connectivity index is 1.84. The number of nitrogens with zero attached hydrogens (tertiary/aromatic N) is 1. The molecule has 0 N–H and O–H groups in total. The van der Waals surface area contributed by atoms with Gasteiger partial charge < -0.3 is 0 Å². The Bertz CT molecular complexity index is 1230. The van der Waals surface area contributed by atoms with Crippen LogP contribution in [0.1, 0.15) is 23.1 Å². The van der Waals surface area contributed by atoms with Crippen LogP contribution in [0.2, 0.25) is 0 Å². The van der Waals surface area contributed by atoms with Crippen molar-refractivity contribution >= 4 is 32.9 Å². The average molecular weight is 507 g/mol. The maximum atomic E-state index is 12.9. The molecule has 1 fully saturated rings. The van der Waals surface area contributed by atoms with E-state index in [2.05, 4.69) is 11.8 Å². The Morgan fingerprint density at radius 3 is 1.97 bits per heavy atom. The third kappa shape index (κ3) is 5.33. The first-order chi connectivity index (χ1) is 15.2. The Morgan fingerprint density at radius 1 is 0.909 bits per heavy atom. The summed E-state index contributed by atoms with van der Waals surface area (Å²) in [4.78, 5) is 24.3. The molecule has 1 aliphatic heterocycles. The number of carbonyl (C=O) groups is 2. The molecule has 1 heterocycles. The Morgan fingerprint density at radius 2 is 1.45 bits per heavy atom. The molecule has 0 spiro atoms. The molecule has 5 nitrogen and oxygen atoms in total. The standard InChI is InChI=1S/C20H11F6NO4S2/c21-19(22,23)13-9-12(10-14(11-13)20(24,25)26)5-4-8-16-17(28)27(18(29)32-16)33(30,31)15-6-2-1-3-7-15/h1-3,6-7,9-11,16H,8H2. The lowest BCUT2D eigenvalue weighted by atomic mass is 10.0. The summed E-state index contributed by atoms with van der Waals surface area (Å²) in [5, 5.41) is -2.38. The van der Waals surface area contributed by atoms with Gasteiger partial charge in [-0.25, -0.2) is 8.42 Å². The number of benzene rings is 2. The third-order valence-electron chi connectivity index (χ3n) is 4.27. The topological polar surface area (TPSA) is 71.5 Å². The van der Waals surface area contributed by atoms with Crippen molar-refractivity contribution in [3.63, 3.8) is 0 Å². The quantitative estimate of drug-likeness (QED) is 0.436. The van der Waals surface area contributed by atoms with Gasteiger partial charge in [-0.3, -0.25) is 9.59 Å². The zero-order valence-corrected chi connectivity index (χ0v) is 17.7. The minimum absolute atomic E-state index is 0.0491. The van der Waals surface area contributed by atoms with Crippen LogP contribution in [0.3, 0.4) is 0 Å². The number of amides is 2. The van der Waals surface area contributed by atoms with Crippen molar-refractivity contribution in [3.05, 3.63) is 65.2 Å². The molecule has 3 rings (SSSR count). The monoisotopic (exact) mass is 507 g/mol. The van der Waals surface area contributed by atoms with Gasteiger partial charge in [0.1, 0.15) is 5.25 Å². The second-order valence-electron chi connectivity index (χ2n) is 6.59. The van der Waals surface area contributed by atoms with Crippen molar-refractivity contribution in [1.82, 2.24) is 4.31 Å². The first kappa shape index (κ1) is 24.7. The van der Waals surface area contributed by atoms with Gasteiger partial charge in [0.25, 0.3) is 15.9 Å². The molecule has 0 aromatic heterocycles. The number of imide groups is 1. The van der Waals surface area contributed by atoms with Crippen LogP contribution in [-0.2, 0) is 27.2 Å². The van der Waals surface area contributed by atoms with Crippen LogP contribution in [0, 0.1) is 11.8 Å². The van der Waals surface area contributed by atoms with Crippen LogP contribution in [0.25, 0.3) is 0 Å². The van der Waals surface area contributed by atoms with Gasteiger partial charge in [0.15, 0.2) is 0 Å². The fourth-order valence-corrected chi connectivity index (χ4v) is 5.32. The van der Waals surface area contributed by atoms with E-state index in [1.165, 1.54) is 30.3 Å². The van der Waals surface area contributed by atoms with Gasteiger partial charge in [-0.15, -0.1) is 0 Å². The Kier molecular flexibility index (Phi) is 6.54. The SMILES string of the molecule is O=C1SC(CC#Cc2cc(C(F)(F)F)cc(C(F)(F)F)c2)C(=O)N1S(=O)(=O)c1ccccc1. The lowest BCUT2D eigenvalue weighted by Gasteiger charge is -2.13. The van der Waals surface area contributed by atoms with Gasteiger partial charge in [-0.1, -0.05) is 30.0 Å². The van der Waals surface area contributed by atoms with Gasteiger partial charge in [-0.2, -0.15) is 30.6 Å². The molecular weight excluding hydrogens is 496 g/mol. The number of carbonyl (C=O) groups excluding carboxylic acids is 2. The number of hydrogen-bond donors (Lipinski definition) is 0. The molecule has 0 aliphatic carbocycles. The molecule has 0 radical (unpaired) electrons. The molecule has 0 bridgehead atoms. The molecule has 1 saturated heterocycles. The highest BCUT2D eigenvalue weighted by molar-refractivity contribution is 8.16. The summed E-state index contributed by atoms with van der Waals surface area (Å²) in [7, 11) is -4.48. The average Bonchev–Trinajstić information content (AvgIpc) is 3.01. The Hall–Kier alpha value is -2.98. The van der Waals surface area contributed by atoms with E-state index in [1.807, 2.05) is 0 Å². The second-order valence-corrected chi connectivity index (χ2v) is 9.53. The van der Waals surface area contributed by atoms with Crippen molar-refractivity contribution in [2.24, 2.45) is 0 Å². The second kappa shape index (κ2) is 8.75. The van der Waals surface area contributed by atoms with Gasteiger partial charge in [-0.05, 0) is 42.1 Å². The summed E-state index contributed by atoms with van der Waals surface area (Å²) < 4.78 is 103. The summed E-state index contributed by atoms with van der Waals surface area (Å²) in [5.41, 5.74) is -3.71. The van der Waals surface area contributed by atoms with Crippen LogP contribution < -0.4 is 0 Å². The van der Waals surface area contributed by atoms with E-state index < -0.39 is 61.9 Å². The highest BCUT2D eigenvalue weighted by Crippen LogP contribution is 2.36. The minimum Gasteiger partial charge on any atom is -0.272 e. The van der Waals surface area contributed by atoms with E-state index in [0.29, 0.717) is 23.9 Å². The van der Waals surface area contributed by atoms with Crippen molar-refractivity contribution in [2.45, 2.75) is 28.9 Å². The maximum Gasteiger partial charge on any atom is 0.416 e. The number of sulfonamides is 1. The number of hydrogen-bond acceptors (Lipinski definition) is 5. The molecule has 2 aromatic rings. The van der Waals surface area contributed by atoms with Gasteiger partial charge in [0.05, 0.1) is 16.0 Å². The van der Waals surface area contributed by atoms with Gasteiger partial charge in [0.2, 0.25) is 0 Å². The molecular formula is C20H11F6NO4S2. The first-order valence-corrected chi connectivity index (χ1v) is 11.2. The summed E-state index contributed by atoms with van der Waals surface area (Å²) in [6.45, 7) is 0. The van der Waals surface area contributed by atoms with Crippen LogP contribution in [0.5, 0.6) is 0 Å². The lowest BCUT2D eigenvalue weighted by Crippen LogP contribution is -2.37. The van der Waals surface area contributed by atoms with E-state index in [0.717, 1.165) is 0 Å². The van der Waals surface area contributed by atoms with E-state index >= 15 is 0 Å². The van der Waals surface area contributed by atoms with E-state index in [4.69, 9.17) is 0 Å². The summed E-state index contributed by atoms with van der Waals surface area (Å²) in [6.07, 6.45) is -10.6. The van der Waals surface area contributed by atoms with Crippen molar-refractivity contribution in [3.8, 4) is 11.8 Å². The van der Waals surface area contributed by atoms with E-state index in [9.17, 15) is 44.3 Å². The molecule has 1 atom stereocenters. The van der Waals surface area contributed by atoms with Crippen molar-refractivity contribution in [2.75, 3.05) is 0 Å². The highest BCUT2D eigenvalue weighted by Gasteiger charge is 2.46. The van der Waals surface area contributed by atoms with Crippen LogP contribution in [-0.4, -0.2) is 29.1 Å². The molecule has 33 heavy (non-hydrogen) atoms. The fraction of sp³-hybridized carbons (Fsp3) is 0.200. The normalized spacial score (nSPS) is 17.2. The van der Waals surface area contributed by atoms with E-state index in [1.54, 1.807) is 0 Å². The molecule has 2 aromatic carbocycles. The number of halogens is 6. The molecule has 13 heteroatoms. The van der Waals surface area contributed by atoms with Crippen LogP contribution >= 0.6 is 11.8 Å². The predicted octanol–water partition coefficient (Wildman–Crippen LogP) is 4.92. The molecule has 174 valence electrons. The number of alkyl halides is 6. The largest absolute Gasteiger partial charge is 0.416 e. The van der Waals surface area contributed by atoms with Crippen molar-refractivity contribution in [1.29, 1.82) is 0 Å². The smallest absolute Gasteiger partial charge is 0.272 e. The van der Waals surface area contributed by atoms with Gasteiger partial charge >= 0.3 is 17.6 Å². The Labute approximate surface area is 187 Å². The van der Waals surface area contributed by atoms with Crippen LogP contribution in [0.15, 0.2) is 53.4 Å². The summed E-state index contributed by atoms with van der Waals surface area (Å²) in [6, 6.07) is 7.45. The zero-order valence-electron chi connectivity index (χ0n) is 16.1. The lowest BCUT2D eigenvalue weighted by molar-refractivity contribution is -0.143. The summed E-state index contributed by atoms with van der Waals surface area (Å²) >= 11 is 0.349. The highest BCUT2D eigenvalue weighted by atomic mass is 32.2. The zero-order chi connectivity index (χ0) is 24.6. The van der Waals surface area contributed by atoms with E-state index in [-0.39, 0.29) is 15.3 Å². The number of thioether (sulfide) groups is 1. The molecule has 0 saturated carbocycles. The van der Waals surface area contributed by atoms with Crippen molar-refractivity contribution < 1.29 is 44.3 Å². The first-order valence-electron chi connectivity index (χ1n) is 8.84. The molecule has 1 aliphatic rings. The van der Waals surface area contributed by atoms with Crippen LogP contribution in [0.4, 0.5) is 31.1 Å². The third-order valence-corrected chi connectivity index (χ3v) is 7.12. The van der Waals surface area contributed by atoms with Gasteiger partial charge in [0, 0.05) is 12.0 Å². The predicted molar refractivity (Wildman–Crippen MR) is 105 cm³/mol. The fourth-order valence-electron chi connectivity index (χ4n) is 2.76. The summed E-state index contributed by atoms with van der Waals surface area (Å²) in [5.74, 6) is 3.28. The minimum atomic E-state index is -5.05. The number of rotatable bonds is 3.